The molecule has 0 saturated carbocycles. The first kappa shape index (κ1) is 23.8. The summed E-state index contributed by atoms with van der Waals surface area (Å²) in [6.07, 6.45) is 3.86. The van der Waals surface area contributed by atoms with Crippen LogP contribution in [0.5, 0.6) is 0 Å². The number of hydrogen-bond acceptors (Lipinski definition) is 7. The predicted octanol–water partition coefficient (Wildman–Crippen LogP) is 3.40. The highest BCUT2D eigenvalue weighted by Gasteiger charge is 2.25. The maximum Gasteiger partial charge on any atom is 0.305 e. The van der Waals surface area contributed by atoms with Gasteiger partial charge in [0.05, 0.1) is 18.2 Å². The molecular formula is C22H31N3O4S2. The van der Waals surface area contributed by atoms with Crippen molar-refractivity contribution in [2.45, 2.75) is 64.6 Å². The third kappa shape index (κ3) is 5.88. The number of thioether (sulfide) groups is 1. The van der Waals surface area contributed by atoms with E-state index in [-0.39, 0.29) is 35.5 Å². The second kappa shape index (κ2) is 10.6. The first-order valence-electron chi connectivity index (χ1n) is 10.8. The number of methoxy groups -OCH3 is 1. The minimum Gasteiger partial charge on any atom is -0.469 e. The minimum absolute atomic E-state index is 0.0201. The lowest BCUT2D eigenvalue weighted by Gasteiger charge is -2.18. The summed E-state index contributed by atoms with van der Waals surface area (Å²) < 4.78 is 6.34. The smallest absolute Gasteiger partial charge is 0.305 e. The van der Waals surface area contributed by atoms with Gasteiger partial charge in [-0.05, 0) is 43.1 Å². The van der Waals surface area contributed by atoms with Crippen molar-refractivity contribution in [3.8, 4) is 0 Å². The second-order valence-corrected chi connectivity index (χ2v) is 10.6. The molecule has 0 saturated heterocycles. The average molecular weight is 466 g/mol. The van der Waals surface area contributed by atoms with E-state index in [2.05, 4.69) is 30.8 Å². The number of carbonyl (C=O) groups is 2. The van der Waals surface area contributed by atoms with E-state index in [1.807, 2.05) is 0 Å². The van der Waals surface area contributed by atoms with Gasteiger partial charge in [0.15, 0.2) is 5.16 Å². The zero-order chi connectivity index (χ0) is 22.5. The average Bonchev–Trinajstić information content (AvgIpc) is 3.08. The molecule has 1 N–H and O–H groups in total. The molecule has 1 unspecified atom stereocenters. The summed E-state index contributed by atoms with van der Waals surface area (Å²) >= 11 is 2.93. The number of aromatic nitrogens is 2. The van der Waals surface area contributed by atoms with Crippen LogP contribution in [0, 0.1) is 11.8 Å². The molecule has 2 aromatic rings. The number of esters is 1. The third-order valence-corrected chi connectivity index (χ3v) is 7.49. The molecule has 31 heavy (non-hydrogen) atoms. The van der Waals surface area contributed by atoms with Gasteiger partial charge in [0.2, 0.25) is 5.91 Å². The Morgan fingerprint density at radius 2 is 2.16 bits per heavy atom. The van der Waals surface area contributed by atoms with E-state index in [1.165, 1.54) is 29.3 Å². The molecule has 0 fully saturated rings. The molecule has 0 radical (unpaired) electrons. The largest absolute Gasteiger partial charge is 0.469 e. The van der Waals surface area contributed by atoms with Crippen LogP contribution in [0.2, 0.25) is 0 Å². The van der Waals surface area contributed by atoms with Gasteiger partial charge in [0.25, 0.3) is 5.56 Å². The highest BCUT2D eigenvalue weighted by atomic mass is 32.2. The monoisotopic (exact) mass is 465 g/mol. The fourth-order valence-corrected chi connectivity index (χ4v) is 6.05. The van der Waals surface area contributed by atoms with E-state index >= 15 is 0 Å². The molecule has 3 rings (SSSR count). The Morgan fingerprint density at radius 3 is 2.87 bits per heavy atom. The van der Waals surface area contributed by atoms with E-state index in [0.717, 1.165) is 29.5 Å². The van der Waals surface area contributed by atoms with Gasteiger partial charge in [0.1, 0.15) is 4.83 Å². The predicted molar refractivity (Wildman–Crippen MR) is 125 cm³/mol. The first-order chi connectivity index (χ1) is 14.8. The van der Waals surface area contributed by atoms with Crippen molar-refractivity contribution in [1.82, 2.24) is 14.9 Å². The summed E-state index contributed by atoms with van der Waals surface area (Å²) in [7, 11) is 1.35. The number of aryl methyl sites for hydroxylation is 1. The number of hydrogen-bond donors (Lipinski definition) is 1. The van der Waals surface area contributed by atoms with Gasteiger partial charge >= 0.3 is 5.97 Å². The van der Waals surface area contributed by atoms with Gasteiger partial charge in [-0.25, -0.2) is 4.98 Å². The van der Waals surface area contributed by atoms with Gasteiger partial charge in [-0.3, -0.25) is 19.0 Å². The van der Waals surface area contributed by atoms with E-state index in [9.17, 15) is 14.4 Å². The van der Waals surface area contributed by atoms with Crippen LogP contribution in [0.25, 0.3) is 10.2 Å². The standard InChI is InChI=1S/C22H31N3O4S2/c1-13(2)11-25-21(28)19-15-8-7-14(3)10-16(15)31-20(19)24-22(25)30-12-17(26)23-9-5-6-18(27)29-4/h13-14H,5-12H2,1-4H3,(H,23,26). The summed E-state index contributed by atoms with van der Waals surface area (Å²) in [5.41, 5.74) is 1.21. The van der Waals surface area contributed by atoms with Crippen LogP contribution in [0.4, 0.5) is 0 Å². The molecule has 1 amide bonds. The molecule has 170 valence electrons. The summed E-state index contributed by atoms with van der Waals surface area (Å²) in [5.74, 6) is 0.677. The Balaban J connectivity index is 1.77. The van der Waals surface area contributed by atoms with Crippen molar-refractivity contribution >= 4 is 45.2 Å². The Bertz CT molecular complexity index is 1010. The SMILES string of the molecule is COC(=O)CCCNC(=O)CSc1nc2sc3c(c2c(=O)n1CC(C)C)CCC(C)C3. The van der Waals surface area contributed by atoms with Crippen molar-refractivity contribution in [1.29, 1.82) is 0 Å². The van der Waals surface area contributed by atoms with Gasteiger partial charge in [-0.15, -0.1) is 11.3 Å². The van der Waals surface area contributed by atoms with E-state index in [0.29, 0.717) is 30.6 Å². The summed E-state index contributed by atoms with van der Waals surface area (Å²) in [6.45, 7) is 7.39. The van der Waals surface area contributed by atoms with Crippen LogP contribution in [-0.2, 0) is 33.7 Å². The zero-order valence-electron chi connectivity index (χ0n) is 18.7. The highest BCUT2D eigenvalue weighted by molar-refractivity contribution is 7.99. The molecule has 1 aliphatic rings. The molecule has 0 aliphatic heterocycles. The number of nitrogens with zero attached hydrogens (tertiary/aromatic N) is 2. The summed E-state index contributed by atoms with van der Waals surface area (Å²) in [5, 5.41) is 4.19. The Morgan fingerprint density at radius 1 is 1.39 bits per heavy atom. The molecular weight excluding hydrogens is 434 g/mol. The van der Waals surface area contributed by atoms with Crippen LogP contribution in [-0.4, -0.2) is 40.8 Å². The second-order valence-electron chi connectivity index (χ2n) is 8.55. The van der Waals surface area contributed by atoms with Crippen molar-refractivity contribution in [2.24, 2.45) is 11.8 Å². The Kier molecular flexibility index (Phi) is 8.16. The van der Waals surface area contributed by atoms with Gasteiger partial charge < -0.3 is 10.1 Å². The van der Waals surface area contributed by atoms with E-state index in [4.69, 9.17) is 4.98 Å². The minimum atomic E-state index is -0.285. The third-order valence-electron chi connectivity index (χ3n) is 5.37. The molecule has 9 heteroatoms. The number of rotatable bonds is 9. The van der Waals surface area contributed by atoms with Crippen molar-refractivity contribution in [3.05, 3.63) is 20.8 Å². The number of thiophene rings is 1. The molecule has 0 aromatic carbocycles. The van der Waals surface area contributed by atoms with Crippen molar-refractivity contribution < 1.29 is 14.3 Å². The van der Waals surface area contributed by atoms with Gasteiger partial charge in [0, 0.05) is 24.4 Å². The normalized spacial score (nSPS) is 15.8. The topological polar surface area (TPSA) is 90.3 Å². The fraction of sp³-hybridized carbons (Fsp3) is 0.636. The summed E-state index contributed by atoms with van der Waals surface area (Å²) in [6, 6.07) is 0. The van der Waals surface area contributed by atoms with Crippen LogP contribution in [0.15, 0.2) is 9.95 Å². The molecule has 1 aliphatic carbocycles. The quantitative estimate of drug-likeness (QED) is 0.264. The van der Waals surface area contributed by atoms with E-state index in [1.54, 1.807) is 15.9 Å². The number of carbonyl (C=O) groups excluding carboxylic acids is 2. The molecule has 7 nitrogen and oxygen atoms in total. The Labute approximate surface area is 191 Å². The summed E-state index contributed by atoms with van der Waals surface area (Å²) in [4.78, 5) is 43.7. The fourth-order valence-electron chi connectivity index (χ4n) is 3.78. The van der Waals surface area contributed by atoms with Crippen LogP contribution >= 0.6 is 23.1 Å². The molecule has 2 aromatic heterocycles. The maximum atomic E-state index is 13.4. The number of fused-ring (bicyclic) bond motifs is 3. The van der Waals surface area contributed by atoms with Crippen LogP contribution in [0.1, 0.15) is 50.5 Å². The number of ether oxygens (including phenoxy) is 1. The van der Waals surface area contributed by atoms with Crippen molar-refractivity contribution in [3.63, 3.8) is 0 Å². The lowest BCUT2D eigenvalue weighted by molar-refractivity contribution is -0.140. The van der Waals surface area contributed by atoms with E-state index < -0.39 is 0 Å². The zero-order valence-corrected chi connectivity index (χ0v) is 20.3. The van der Waals surface area contributed by atoms with Gasteiger partial charge in [-0.1, -0.05) is 32.5 Å². The van der Waals surface area contributed by atoms with Crippen LogP contribution in [0.3, 0.4) is 0 Å². The van der Waals surface area contributed by atoms with Crippen LogP contribution < -0.4 is 10.9 Å². The number of nitrogens with one attached hydrogen (secondary N) is 1. The van der Waals surface area contributed by atoms with Gasteiger partial charge in [-0.2, -0.15) is 0 Å². The molecule has 0 bridgehead atoms. The molecule has 2 heterocycles. The first-order valence-corrected chi connectivity index (χ1v) is 12.6. The Hall–Kier alpha value is -1.87. The lowest BCUT2D eigenvalue weighted by atomic mass is 9.89. The van der Waals surface area contributed by atoms with Crippen molar-refractivity contribution in [2.75, 3.05) is 19.4 Å². The number of amides is 1. The highest BCUT2D eigenvalue weighted by Crippen LogP contribution is 2.36. The maximum absolute atomic E-state index is 13.4. The lowest BCUT2D eigenvalue weighted by Crippen LogP contribution is -2.29. The molecule has 0 spiro atoms. The molecule has 1 atom stereocenters.